The Kier molecular flexibility index (Phi) is 4.33. The second kappa shape index (κ2) is 6.22. The van der Waals surface area contributed by atoms with Crippen LogP contribution in [0.2, 0.25) is 0 Å². The molecular formula is C15H24N4OS. The third-order valence-electron chi connectivity index (χ3n) is 4.68. The molecule has 0 bridgehead atoms. The monoisotopic (exact) mass is 308 g/mol. The standard InChI is InChI=1S/C15H24N4OS/c1-2-17-15-18-13(16)12(21-15)14(20)19-9-5-8-11(19)10-6-3-4-7-10/h10-11H,2-9,16H2,1H3,(H,17,18). The van der Waals surface area contributed by atoms with Crippen LogP contribution in [0.15, 0.2) is 0 Å². The number of aromatic nitrogens is 1. The molecule has 5 nitrogen and oxygen atoms in total. The highest BCUT2D eigenvalue weighted by molar-refractivity contribution is 7.18. The van der Waals surface area contributed by atoms with Crippen LogP contribution in [-0.2, 0) is 0 Å². The SMILES string of the molecule is CCNc1nc(N)c(C(=O)N2CCCC2C2CCCC2)s1. The van der Waals surface area contributed by atoms with Gasteiger partial charge in [0.1, 0.15) is 10.7 Å². The molecule has 116 valence electrons. The molecule has 21 heavy (non-hydrogen) atoms. The van der Waals surface area contributed by atoms with Crippen molar-refractivity contribution in [2.75, 3.05) is 24.1 Å². The van der Waals surface area contributed by atoms with Gasteiger partial charge >= 0.3 is 0 Å². The minimum atomic E-state index is 0.0866. The molecule has 0 radical (unpaired) electrons. The summed E-state index contributed by atoms with van der Waals surface area (Å²) in [7, 11) is 0. The van der Waals surface area contributed by atoms with Crippen molar-refractivity contribution < 1.29 is 4.79 Å². The molecule has 1 saturated carbocycles. The molecule has 1 aromatic heterocycles. The maximum absolute atomic E-state index is 12.8. The molecule has 1 aromatic rings. The molecule has 3 rings (SSSR count). The van der Waals surface area contributed by atoms with E-state index in [2.05, 4.69) is 15.2 Å². The maximum Gasteiger partial charge on any atom is 0.268 e. The number of hydrogen-bond acceptors (Lipinski definition) is 5. The number of nitrogens with two attached hydrogens (primary N) is 1. The summed E-state index contributed by atoms with van der Waals surface area (Å²) in [4.78, 5) is 19.8. The Labute approximate surface area is 129 Å². The fraction of sp³-hybridized carbons (Fsp3) is 0.733. The number of hydrogen-bond donors (Lipinski definition) is 2. The average Bonchev–Trinajstić information content (AvgIpc) is 3.18. The van der Waals surface area contributed by atoms with Crippen LogP contribution in [0.25, 0.3) is 0 Å². The van der Waals surface area contributed by atoms with E-state index in [1.165, 1.54) is 37.0 Å². The van der Waals surface area contributed by atoms with E-state index in [0.717, 1.165) is 31.1 Å². The van der Waals surface area contributed by atoms with Gasteiger partial charge in [0.15, 0.2) is 5.13 Å². The van der Waals surface area contributed by atoms with Gasteiger partial charge in [-0.15, -0.1) is 0 Å². The molecule has 6 heteroatoms. The lowest BCUT2D eigenvalue weighted by Crippen LogP contribution is -2.39. The van der Waals surface area contributed by atoms with Crippen LogP contribution in [0, 0.1) is 5.92 Å². The van der Waals surface area contributed by atoms with Crippen LogP contribution < -0.4 is 11.1 Å². The van der Waals surface area contributed by atoms with Crippen LogP contribution in [-0.4, -0.2) is 34.9 Å². The van der Waals surface area contributed by atoms with Crippen LogP contribution in [0.5, 0.6) is 0 Å². The molecule has 1 unspecified atom stereocenters. The van der Waals surface area contributed by atoms with E-state index in [-0.39, 0.29) is 5.91 Å². The van der Waals surface area contributed by atoms with Crippen molar-refractivity contribution in [1.82, 2.24) is 9.88 Å². The number of amides is 1. The van der Waals surface area contributed by atoms with Gasteiger partial charge in [-0.05, 0) is 38.5 Å². The molecule has 1 aliphatic carbocycles. The summed E-state index contributed by atoms with van der Waals surface area (Å²) in [6.07, 6.45) is 7.44. The van der Waals surface area contributed by atoms with E-state index < -0.39 is 0 Å². The fourth-order valence-electron chi connectivity index (χ4n) is 3.72. The molecule has 3 N–H and O–H groups in total. The van der Waals surface area contributed by atoms with Crippen molar-refractivity contribution in [3.8, 4) is 0 Å². The number of thiazole rings is 1. The predicted octanol–water partition coefficient (Wildman–Crippen LogP) is 2.95. The second-order valence-electron chi connectivity index (χ2n) is 6.02. The van der Waals surface area contributed by atoms with Gasteiger partial charge in [-0.25, -0.2) is 4.98 Å². The van der Waals surface area contributed by atoms with E-state index in [4.69, 9.17) is 5.73 Å². The quantitative estimate of drug-likeness (QED) is 0.897. The summed E-state index contributed by atoms with van der Waals surface area (Å²) in [6, 6.07) is 0.420. The first kappa shape index (κ1) is 14.6. The number of anilines is 2. The summed E-state index contributed by atoms with van der Waals surface area (Å²) in [5.74, 6) is 1.15. The normalized spacial score (nSPS) is 22.9. The molecule has 0 spiro atoms. The molecule has 1 aliphatic heterocycles. The molecule has 1 atom stereocenters. The minimum absolute atomic E-state index is 0.0866. The number of likely N-dealkylation sites (tertiary alicyclic amines) is 1. The van der Waals surface area contributed by atoms with Gasteiger partial charge in [0.2, 0.25) is 0 Å². The summed E-state index contributed by atoms with van der Waals surface area (Å²) >= 11 is 1.39. The second-order valence-corrected chi connectivity index (χ2v) is 7.02. The van der Waals surface area contributed by atoms with Crippen molar-refractivity contribution >= 4 is 28.2 Å². The number of nitrogens with zero attached hydrogens (tertiary/aromatic N) is 2. The Balaban J connectivity index is 1.77. The van der Waals surface area contributed by atoms with Gasteiger partial charge in [-0.3, -0.25) is 4.79 Å². The van der Waals surface area contributed by atoms with Crippen molar-refractivity contribution in [3.63, 3.8) is 0 Å². The zero-order valence-electron chi connectivity index (χ0n) is 12.6. The third-order valence-corrected chi connectivity index (χ3v) is 5.70. The maximum atomic E-state index is 12.8. The highest BCUT2D eigenvalue weighted by Gasteiger charge is 2.37. The predicted molar refractivity (Wildman–Crippen MR) is 86.7 cm³/mol. The Morgan fingerprint density at radius 1 is 1.38 bits per heavy atom. The number of nitrogens with one attached hydrogen (secondary N) is 1. The van der Waals surface area contributed by atoms with Gasteiger partial charge < -0.3 is 16.0 Å². The Bertz CT molecular complexity index is 510. The van der Waals surface area contributed by atoms with Crippen molar-refractivity contribution in [2.45, 2.75) is 51.5 Å². The summed E-state index contributed by atoms with van der Waals surface area (Å²) in [6.45, 7) is 3.67. The van der Waals surface area contributed by atoms with Crippen molar-refractivity contribution in [2.24, 2.45) is 5.92 Å². The third kappa shape index (κ3) is 2.86. The fourth-order valence-corrected chi connectivity index (χ4v) is 4.63. The summed E-state index contributed by atoms with van der Waals surface area (Å²) in [5, 5.41) is 3.88. The number of carbonyl (C=O) groups is 1. The first-order valence-electron chi connectivity index (χ1n) is 8.02. The van der Waals surface area contributed by atoms with E-state index in [1.807, 2.05) is 6.92 Å². The van der Waals surface area contributed by atoms with E-state index in [0.29, 0.717) is 22.7 Å². The van der Waals surface area contributed by atoms with Crippen molar-refractivity contribution in [1.29, 1.82) is 0 Å². The molecule has 0 aromatic carbocycles. The van der Waals surface area contributed by atoms with Crippen LogP contribution >= 0.6 is 11.3 Å². The minimum Gasteiger partial charge on any atom is -0.382 e. The topological polar surface area (TPSA) is 71.2 Å². The lowest BCUT2D eigenvalue weighted by atomic mass is 9.96. The summed E-state index contributed by atoms with van der Waals surface area (Å²) in [5.41, 5.74) is 5.95. The zero-order chi connectivity index (χ0) is 14.8. The first-order chi connectivity index (χ1) is 10.2. The highest BCUT2D eigenvalue weighted by atomic mass is 32.1. The van der Waals surface area contributed by atoms with Gasteiger partial charge in [0.05, 0.1) is 0 Å². The Morgan fingerprint density at radius 3 is 2.86 bits per heavy atom. The Hall–Kier alpha value is -1.30. The van der Waals surface area contributed by atoms with Crippen molar-refractivity contribution in [3.05, 3.63) is 4.88 Å². The van der Waals surface area contributed by atoms with Gasteiger partial charge in [-0.2, -0.15) is 0 Å². The largest absolute Gasteiger partial charge is 0.382 e. The number of carbonyl (C=O) groups excluding carboxylic acids is 1. The number of rotatable bonds is 4. The van der Waals surface area contributed by atoms with Crippen LogP contribution in [0.3, 0.4) is 0 Å². The molecule has 1 saturated heterocycles. The molecule has 1 amide bonds. The molecule has 2 aliphatic rings. The molecular weight excluding hydrogens is 284 g/mol. The van der Waals surface area contributed by atoms with Gasteiger partial charge in [-0.1, -0.05) is 24.2 Å². The summed E-state index contributed by atoms with van der Waals surface area (Å²) < 4.78 is 0. The smallest absolute Gasteiger partial charge is 0.268 e. The van der Waals surface area contributed by atoms with E-state index >= 15 is 0 Å². The lowest BCUT2D eigenvalue weighted by molar-refractivity contribution is 0.0695. The molecule has 2 fully saturated rings. The zero-order valence-corrected chi connectivity index (χ0v) is 13.4. The van der Waals surface area contributed by atoms with E-state index in [9.17, 15) is 4.79 Å². The first-order valence-corrected chi connectivity index (χ1v) is 8.83. The average molecular weight is 308 g/mol. The van der Waals surface area contributed by atoms with Crippen LogP contribution in [0.1, 0.15) is 55.1 Å². The molecule has 2 heterocycles. The van der Waals surface area contributed by atoms with Crippen LogP contribution in [0.4, 0.5) is 10.9 Å². The van der Waals surface area contributed by atoms with E-state index in [1.54, 1.807) is 0 Å². The van der Waals surface area contributed by atoms with Gasteiger partial charge in [0, 0.05) is 19.1 Å². The van der Waals surface area contributed by atoms with Gasteiger partial charge in [0.25, 0.3) is 5.91 Å². The highest BCUT2D eigenvalue weighted by Crippen LogP contribution is 2.37. The lowest BCUT2D eigenvalue weighted by Gasteiger charge is -2.29. The Morgan fingerprint density at radius 2 is 2.14 bits per heavy atom. The number of nitrogen functional groups attached to an aromatic ring is 1.